The molecule has 6 nitrogen and oxygen atoms in total. The second kappa shape index (κ2) is 8.34. The fourth-order valence-electron chi connectivity index (χ4n) is 3.51. The van der Waals surface area contributed by atoms with Crippen molar-refractivity contribution in [1.82, 2.24) is 9.97 Å². The largest absolute Gasteiger partial charge is 0.495 e. The molecule has 0 spiro atoms. The van der Waals surface area contributed by atoms with E-state index in [1.165, 1.54) is 6.07 Å². The van der Waals surface area contributed by atoms with E-state index < -0.39 is 0 Å². The average Bonchev–Trinajstić information content (AvgIpc) is 2.75. The zero-order chi connectivity index (χ0) is 20.2. The minimum atomic E-state index is -0.179. The molecule has 150 valence electrons. The summed E-state index contributed by atoms with van der Waals surface area (Å²) in [5.41, 5.74) is 2.60. The summed E-state index contributed by atoms with van der Waals surface area (Å²) in [6.07, 6.45) is 1.75. The number of nitrogens with zero attached hydrogens (tertiary/aromatic N) is 4. The summed E-state index contributed by atoms with van der Waals surface area (Å²) >= 11 is 0. The van der Waals surface area contributed by atoms with Crippen LogP contribution >= 0.6 is 0 Å². The van der Waals surface area contributed by atoms with Crippen LogP contribution in [0.4, 0.5) is 27.5 Å². The molecular formula is C22H24FN5O. The Kier molecular flexibility index (Phi) is 5.46. The molecule has 29 heavy (non-hydrogen) atoms. The van der Waals surface area contributed by atoms with Crippen molar-refractivity contribution in [1.29, 1.82) is 0 Å². The number of anilines is 4. The topological polar surface area (TPSA) is 53.5 Å². The normalized spacial score (nSPS) is 14.0. The molecule has 2 aromatic carbocycles. The summed E-state index contributed by atoms with van der Waals surface area (Å²) in [7, 11) is 1.64. The predicted molar refractivity (Wildman–Crippen MR) is 114 cm³/mol. The number of hydrogen-bond donors (Lipinski definition) is 1. The van der Waals surface area contributed by atoms with E-state index in [2.05, 4.69) is 25.1 Å². The standard InChI is InChI=1S/C22H24FN5O/c1-16-7-8-20(29-2)18(15-16)25-22-24-10-9-21(26-22)28-13-11-27(12-14-28)19-6-4-3-5-17(19)23/h3-10,15H,11-14H2,1-2H3,(H,24,25,26). The molecule has 0 atom stereocenters. The first kappa shape index (κ1) is 19.0. The lowest BCUT2D eigenvalue weighted by molar-refractivity contribution is 0.416. The number of halogens is 1. The van der Waals surface area contributed by atoms with Crippen LogP contribution in [0.1, 0.15) is 5.56 Å². The quantitative estimate of drug-likeness (QED) is 0.707. The molecule has 1 aromatic heterocycles. The van der Waals surface area contributed by atoms with Crippen LogP contribution in [0.3, 0.4) is 0 Å². The zero-order valence-corrected chi connectivity index (χ0v) is 16.6. The van der Waals surface area contributed by atoms with Gasteiger partial charge in [-0.05, 0) is 42.8 Å². The van der Waals surface area contributed by atoms with Gasteiger partial charge in [-0.15, -0.1) is 0 Å². The van der Waals surface area contributed by atoms with Gasteiger partial charge in [0.25, 0.3) is 0 Å². The van der Waals surface area contributed by atoms with Crippen LogP contribution in [-0.2, 0) is 0 Å². The second-order valence-electron chi connectivity index (χ2n) is 6.99. The minimum Gasteiger partial charge on any atom is -0.495 e. The van der Waals surface area contributed by atoms with Gasteiger partial charge in [-0.3, -0.25) is 0 Å². The van der Waals surface area contributed by atoms with E-state index in [0.29, 0.717) is 11.6 Å². The molecule has 0 unspecified atom stereocenters. The van der Waals surface area contributed by atoms with Crippen molar-refractivity contribution in [3.8, 4) is 5.75 Å². The summed E-state index contributed by atoms with van der Waals surface area (Å²) in [4.78, 5) is 13.3. The Hall–Kier alpha value is -3.35. The van der Waals surface area contributed by atoms with Crippen molar-refractivity contribution >= 4 is 23.1 Å². The maximum absolute atomic E-state index is 14.0. The first-order chi connectivity index (χ1) is 14.1. The molecule has 1 aliphatic rings. The maximum Gasteiger partial charge on any atom is 0.229 e. The van der Waals surface area contributed by atoms with Gasteiger partial charge in [0.1, 0.15) is 17.4 Å². The van der Waals surface area contributed by atoms with Gasteiger partial charge in [0.15, 0.2) is 0 Å². The molecule has 0 aliphatic carbocycles. The van der Waals surface area contributed by atoms with Crippen LogP contribution in [0.25, 0.3) is 0 Å². The molecule has 3 aromatic rings. The summed E-state index contributed by atoms with van der Waals surface area (Å²) in [5.74, 6) is 1.93. The minimum absolute atomic E-state index is 0.179. The van der Waals surface area contributed by atoms with E-state index in [0.717, 1.165) is 49.0 Å². The number of nitrogens with one attached hydrogen (secondary N) is 1. The number of methoxy groups -OCH3 is 1. The lowest BCUT2D eigenvalue weighted by Gasteiger charge is -2.36. The van der Waals surface area contributed by atoms with Crippen molar-refractivity contribution in [2.75, 3.05) is 48.4 Å². The number of piperazine rings is 1. The van der Waals surface area contributed by atoms with Gasteiger partial charge < -0.3 is 19.9 Å². The molecule has 4 rings (SSSR count). The van der Waals surface area contributed by atoms with Crippen LogP contribution < -0.4 is 19.9 Å². The van der Waals surface area contributed by atoms with Crippen molar-refractivity contribution in [2.24, 2.45) is 0 Å². The van der Waals surface area contributed by atoms with E-state index in [1.54, 1.807) is 19.4 Å². The second-order valence-corrected chi connectivity index (χ2v) is 6.99. The lowest BCUT2D eigenvalue weighted by Crippen LogP contribution is -2.47. The molecule has 1 saturated heterocycles. The molecule has 0 bridgehead atoms. The molecule has 1 aliphatic heterocycles. The van der Waals surface area contributed by atoms with Gasteiger partial charge in [0.2, 0.25) is 5.95 Å². The van der Waals surface area contributed by atoms with Gasteiger partial charge in [-0.25, -0.2) is 9.37 Å². The molecule has 1 fully saturated rings. The van der Waals surface area contributed by atoms with E-state index in [1.807, 2.05) is 43.3 Å². The van der Waals surface area contributed by atoms with Gasteiger partial charge in [-0.2, -0.15) is 4.98 Å². The van der Waals surface area contributed by atoms with Crippen molar-refractivity contribution in [3.05, 3.63) is 66.1 Å². The molecular weight excluding hydrogens is 369 g/mol. The van der Waals surface area contributed by atoms with E-state index in [9.17, 15) is 4.39 Å². The van der Waals surface area contributed by atoms with E-state index >= 15 is 0 Å². The van der Waals surface area contributed by atoms with Crippen LogP contribution in [0.2, 0.25) is 0 Å². The smallest absolute Gasteiger partial charge is 0.229 e. The highest BCUT2D eigenvalue weighted by atomic mass is 19.1. The third kappa shape index (κ3) is 4.23. The van der Waals surface area contributed by atoms with E-state index in [4.69, 9.17) is 4.74 Å². The zero-order valence-electron chi connectivity index (χ0n) is 16.6. The predicted octanol–water partition coefficient (Wildman–Crippen LogP) is 4.00. The Morgan fingerprint density at radius 2 is 1.76 bits per heavy atom. The van der Waals surface area contributed by atoms with Gasteiger partial charge in [-0.1, -0.05) is 18.2 Å². The number of aromatic nitrogens is 2. The number of ether oxygens (including phenoxy) is 1. The van der Waals surface area contributed by atoms with Crippen LogP contribution in [0.5, 0.6) is 5.75 Å². The van der Waals surface area contributed by atoms with Crippen LogP contribution in [0, 0.1) is 12.7 Å². The molecule has 2 heterocycles. The van der Waals surface area contributed by atoms with Crippen LogP contribution in [-0.4, -0.2) is 43.3 Å². The highest BCUT2D eigenvalue weighted by molar-refractivity contribution is 5.64. The molecule has 1 N–H and O–H groups in total. The molecule has 0 amide bonds. The molecule has 0 radical (unpaired) electrons. The molecule has 0 saturated carbocycles. The molecule has 7 heteroatoms. The van der Waals surface area contributed by atoms with E-state index in [-0.39, 0.29) is 5.82 Å². The highest BCUT2D eigenvalue weighted by Crippen LogP contribution is 2.28. The first-order valence-electron chi connectivity index (χ1n) is 9.63. The Morgan fingerprint density at radius 3 is 2.52 bits per heavy atom. The fourth-order valence-corrected chi connectivity index (χ4v) is 3.51. The van der Waals surface area contributed by atoms with Crippen molar-refractivity contribution in [3.63, 3.8) is 0 Å². The van der Waals surface area contributed by atoms with Gasteiger partial charge in [0.05, 0.1) is 18.5 Å². The number of rotatable bonds is 5. The van der Waals surface area contributed by atoms with Crippen molar-refractivity contribution < 1.29 is 9.13 Å². The number of aryl methyl sites for hydroxylation is 1. The Morgan fingerprint density at radius 1 is 1.00 bits per heavy atom. The first-order valence-corrected chi connectivity index (χ1v) is 9.63. The summed E-state index contributed by atoms with van der Waals surface area (Å²) in [6, 6.07) is 14.7. The van der Waals surface area contributed by atoms with Gasteiger partial charge >= 0.3 is 0 Å². The Bertz CT molecular complexity index is 988. The number of benzene rings is 2. The number of para-hydroxylation sites is 1. The SMILES string of the molecule is COc1ccc(C)cc1Nc1nccc(N2CCN(c3ccccc3F)CC2)n1. The third-order valence-electron chi connectivity index (χ3n) is 5.04. The average molecular weight is 393 g/mol. The van der Waals surface area contributed by atoms with Crippen molar-refractivity contribution in [2.45, 2.75) is 6.92 Å². The monoisotopic (exact) mass is 393 g/mol. The Labute approximate surface area is 170 Å². The van der Waals surface area contributed by atoms with Gasteiger partial charge in [0, 0.05) is 32.4 Å². The maximum atomic E-state index is 14.0. The summed E-state index contributed by atoms with van der Waals surface area (Å²) in [6.45, 7) is 5.02. The summed E-state index contributed by atoms with van der Waals surface area (Å²) < 4.78 is 19.5. The fraction of sp³-hybridized carbons (Fsp3) is 0.273. The Balaban J connectivity index is 1.46. The third-order valence-corrected chi connectivity index (χ3v) is 5.04. The summed E-state index contributed by atoms with van der Waals surface area (Å²) in [5, 5.41) is 3.25. The van der Waals surface area contributed by atoms with Crippen LogP contribution in [0.15, 0.2) is 54.7 Å². The lowest BCUT2D eigenvalue weighted by atomic mass is 10.2. The highest BCUT2D eigenvalue weighted by Gasteiger charge is 2.20. The number of hydrogen-bond acceptors (Lipinski definition) is 6.